The minimum absolute atomic E-state index is 0.0684. The van der Waals surface area contributed by atoms with Crippen molar-refractivity contribution in [2.45, 2.75) is 0 Å². The van der Waals surface area contributed by atoms with Crippen LogP contribution in [0.2, 0.25) is 5.02 Å². The number of nitrogens with one attached hydrogen (secondary N) is 1. The molecule has 1 aliphatic heterocycles. The van der Waals surface area contributed by atoms with E-state index >= 15 is 0 Å². The van der Waals surface area contributed by atoms with E-state index in [4.69, 9.17) is 11.6 Å². The van der Waals surface area contributed by atoms with E-state index in [1.165, 1.54) is 0 Å². The second-order valence-electron chi connectivity index (χ2n) is 4.77. The average molecular weight is 282 g/mol. The predicted molar refractivity (Wildman–Crippen MR) is 74.5 cm³/mol. The number of hydrogen-bond acceptors (Lipinski definition) is 3. The molecule has 0 spiro atoms. The zero-order chi connectivity index (χ0) is 14.0. The summed E-state index contributed by atoms with van der Waals surface area (Å²) < 4.78 is 0. The van der Waals surface area contributed by atoms with Gasteiger partial charge in [-0.2, -0.15) is 0 Å². The van der Waals surface area contributed by atoms with Gasteiger partial charge < -0.3 is 15.1 Å². The van der Waals surface area contributed by atoms with Gasteiger partial charge >= 0.3 is 0 Å². The molecule has 0 fully saturated rings. The number of nitrogens with zero attached hydrogens (tertiary/aromatic N) is 2. The largest absolute Gasteiger partial charge is 0.328 e. The van der Waals surface area contributed by atoms with Crippen molar-refractivity contribution in [3.63, 3.8) is 0 Å². The third kappa shape index (κ3) is 3.24. The zero-order valence-electron chi connectivity index (χ0n) is 10.9. The van der Waals surface area contributed by atoms with E-state index in [0.717, 1.165) is 0 Å². The Hall–Kier alpha value is -1.59. The first kappa shape index (κ1) is 13.8. The number of halogens is 1. The van der Waals surface area contributed by atoms with Crippen LogP contribution in [0.15, 0.2) is 18.2 Å². The molecule has 0 unspecified atom stereocenters. The van der Waals surface area contributed by atoms with Crippen LogP contribution in [0.1, 0.15) is 10.4 Å². The summed E-state index contributed by atoms with van der Waals surface area (Å²) in [5.41, 5.74) is 0.962. The Balaban J connectivity index is 2.28. The topological polar surface area (TPSA) is 52.6 Å². The van der Waals surface area contributed by atoms with Crippen molar-refractivity contribution in [3.05, 3.63) is 28.8 Å². The molecule has 5 nitrogen and oxygen atoms in total. The van der Waals surface area contributed by atoms with E-state index in [1.807, 2.05) is 19.0 Å². The molecule has 0 atom stereocenters. The van der Waals surface area contributed by atoms with E-state index in [2.05, 4.69) is 5.32 Å². The molecular formula is C13H16ClN3O2. The maximum absolute atomic E-state index is 12.4. The lowest BCUT2D eigenvalue weighted by molar-refractivity contribution is -0.116. The number of carbonyl (C=O) groups is 2. The van der Waals surface area contributed by atoms with Crippen LogP contribution in [-0.4, -0.2) is 55.3 Å². The van der Waals surface area contributed by atoms with E-state index < -0.39 is 0 Å². The van der Waals surface area contributed by atoms with E-state index in [0.29, 0.717) is 29.4 Å². The van der Waals surface area contributed by atoms with Crippen LogP contribution in [0, 0.1) is 0 Å². The first-order valence-corrected chi connectivity index (χ1v) is 6.38. The van der Waals surface area contributed by atoms with Crippen LogP contribution in [0.25, 0.3) is 0 Å². The van der Waals surface area contributed by atoms with Crippen LogP contribution in [0.5, 0.6) is 0 Å². The third-order valence-corrected chi connectivity index (χ3v) is 3.16. The van der Waals surface area contributed by atoms with Gasteiger partial charge in [-0.15, -0.1) is 0 Å². The summed E-state index contributed by atoms with van der Waals surface area (Å²) in [6.45, 7) is 1.29. The molecule has 2 rings (SSSR count). The summed E-state index contributed by atoms with van der Waals surface area (Å²) in [4.78, 5) is 27.7. The summed E-state index contributed by atoms with van der Waals surface area (Å²) in [5, 5.41) is 3.21. The maximum Gasteiger partial charge on any atom is 0.256 e. The Labute approximate surface area is 117 Å². The molecular weight excluding hydrogens is 266 g/mol. The molecule has 0 aromatic heterocycles. The Morgan fingerprint density at radius 3 is 2.79 bits per heavy atom. The van der Waals surface area contributed by atoms with Crippen molar-refractivity contribution < 1.29 is 9.59 Å². The molecule has 0 aliphatic carbocycles. The predicted octanol–water partition coefficient (Wildman–Crippen LogP) is 1.30. The monoisotopic (exact) mass is 281 g/mol. The van der Waals surface area contributed by atoms with Gasteiger partial charge in [0, 0.05) is 18.1 Å². The molecule has 1 N–H and O–H groups in total. The van der Waals surface area contributed by atoms with Crippen molar-refractivity contribution in [1.82, 2.24) is 9.80 Å². The van der Waals surface area contributed by atoms with Gasteiger partial charge in [0.25, 0.3) is 5.91 Å². The van der Waals surface area contributed by atoms with Crippen molar-refractivity contribution in [1.29, 1.82) is 0 Å². The molecule has 1 heterocycles. The van der Waals surface area contributed by atoms with Gasteiger partial charge in [0.05, 0.1) is 11.3 Å². The Bertz CT molecular complexity index is 517. The number of rotatable bonds is 3. The molecule has 1 aliphatic rings. The van der Waals surface area contributed by atoms with Gasteiger partial charge in [-0.25, -0.2) is 0 Å². The second kappa shape index (κ2) is 5.59. The van der Waals surface area contributed by atoms with Crippen LogP contribution in [0.3, 0.4) is 0 Å². The van der Waals surface area contributed by atoms with Crippen LogP contribution in [0.4, 0.5) is 5.69 Å². The first-order valence-electron chi connectivity index (χ1n) is 6.01. The average Bonchev–Trinajstić information content (AvgIpc) is 2.44. The zero-order valence-corrected chi connectivity index (χ0v) is 11.7. The van der Waals surface area contributed by atoms with Gasteiger partial charge in [0.1, 0.15) is 6.54 Å². The standard InChI is InChI=1S/C13H16ClN3O2/c1-16(2)5-6-17-8-12(18)15-11-7-9(14)3-4-10(11)13(17)19/h3-4,7H,5-6,8H2,1-2H3,(H,15,18). The molecule has 19 heavy (non-hydrogen) atoms. The van der Waals surface area contributed by atoms with Crippen LogP contribution in [-0.2, 0) is 4.79 Å². The van der Waals surface area contributed by atoms with Gasteiger partial charge in [-0.1, -0.05) is 11.6 Å². The lowest BCUT2D eigenvalue weighted by Gasteiger charge is -2.21. The molecule has 0 radical (unpaired) electrons. The minimum atomic E-state index is -0.201. The lowest BCUT2D eigenvalue weighted by Crippen LogP contribution is -2.39. The van der Waals surface area contributed by atoms with Crippen molar-refractivity contribution in [2.75, 3.05) is 39.0 Å². The molecule has 0 saturated carbocycles. The molecule has 1 aromatic rings. The Morgan fingerprint density at radius 2 is 2.11 bits per heavy atom. The fourth-order valence-corrected chi connectivity index (χ4v) is 2.09. The number of carbonyl (C=O) groups excluding carboxylic acids is 2. The third-order valence-electron chi connectivity index (χ3n) is 2.92. The Kier molecular flexibility index (Phi) is 4.07. The first-order chi connectivity index (χ1) is 8.97. The second-order valence-corrected chi connectivity index (χ2v) is 5.20. The number of amides is 2. The summed E-state index contributed by atoms with van der Waals surface area (Å²) >= 11 is 5.88. The van der Waals surface area contributed by atoms with E-state index in [1.54, 1.807) is 23.1 Å². The fraction of sp³-hybridized carbons (Fsp3) is 0.385. The van der Waals surface area contributed by atoms with Gasteiger partial charge in [0.15, 0.2) is 0 Å². The summed E-state index contributed by atoms with van der Waals surface area (Å²) in [6.07, 6.45) is 0. The van der Waals surface area contributed by atoms with Crippen LogP contribution >= 0.6 is 11.6 Å². The molecule has 0 saturated heterocycles. The number of hydrogen-bond donors (Lipinski definition) is 1. The normalized spacial score (nSPS) is 15.3. The molecule has 6 heteroatoms. The maximum atomic E-state index is 12.4. The molecule has 102 valence electrons. The number of anilines is 1. The van der Waals surface area contributed by atoms with Crippen molar-refractivity contribution in [3.8, 4) is 0 Å². The van der Waals surface area contributed by atoms with Gasteiger partial charge in [-0.05, 0) is 32.3 Å². The highest BCUT2D eigenvalue weighted by Crippen LogP contribution is 2.24. The smallest absolute Gasteiger partial charge is 0.256 e. The SMILES string of the molecule is CN(C)CCN1CC(=O)Nc2cc(Cl)ccc2C1=O. The number of fused-ring (bicyclic) bond motifs is 1. The number of benzene rings is 1. The quantitative estimate of drug-likeness (QED) is 0.908. The Morgan fingerprint density at radius 1 is 1.37 bits per heavy atom. The number of likely N-dealkylation sites (N-methyl/N-ethyl adjacent to an activating group) is 1. The van der Waals surface area contributed by atoms with E-state index in [9.17, 15) is 9.59 Å². The van der Waals surface area contributed by atoms with Crippen molar-refractivity contribution >= 4 is 29.1 Å². The lowest BCUT2D eigenvalue weighted by atomic mass is 10.1. The molecule has 0 bridgehead atoms. The molecule has 2 amide bonds. The summed E-state index contributed by atoms with van der Waals surface area (Å²) in [7, 11) is 3.85. The van der Waals surface area contributed by atoms with E-state index in [-0.39, 0.29) is 18.4 Å². The minimum Gasteiger partial charge on any atom is -0.328 e. The highest BCUT2D eigenvalue weighted by molar-refractivity contribution is 6.31. The summed E-state index contributed by atoms with van der Waals surface area (Å²) in [6, 6.07) is 4.90. The van der Waals surface area contributed by atoms with Gasteiger partial charge in [0.2, 0.25) is 5.91 Å². The molecule has 1 aromatic carbocycles. The fourth-order valence-electron chi connectivity index (χ4n) is 1.91. The highest BCUT2D eigenvalue weighted by atomic mass is 35.5. The highest BCUT2D eigenvalue weighted by Gasteiger charge is 2.26. The van der Waals surface area contributed by atoms with Crippen molar-refractivity contribution in [2.24, 2.45) is 0 Å². The van der Waals surface area contributed by atoms with Crippen LogP contribution < -0.4 is 5.32 Å². The summed E-state index contributed by atoms with van der Waals surface area (Å²) in [5.74, 6) is -0.347. The van der Waals surface area contributed by atoms with Gasteiger partial charge in [-0.3, -0.25) is 9.59 Å².